The molecule has 0 radical (unpaired) electrons. The molecule has 0 bridgehead atoms. The van der Waals surface area contributed by atoms with Crippen LogP contribution in [0.4, 0.5) is 0 Å². The van der Waals surface area contributed by atoms with Crippen molar-refractivity contribution in [3.8, 4) is 0 Å². The van der Waals surface area contributed by atoms with Crippen LogP contribution in [0.3, 0.4) is 0 Å². The molecule has 0 saturated carbocycles. The third-order valence-electron chi connectivity index (χ3n) is 1.15. The minimum absolute atomic E-state index is 0.0283. The SMILES string of the molecule is NC(=O)C(I)CCCCI. The maximum Gasteiger partial charge on any atom is 0.230 e. The number of hydrogen-bond acceptors (Lipinski definition) is 1. The second kappa shape index (κ2) is 6.63. The minimum Gasteiger partial charge on any atom is -0.369 e. The van der Waals surface area contributed by atoms with Crippen molar-refractivity contribution in [3.63, 3.8) is 0 Å². The third-order valence-corrected chi connectivity index (χ3v) is 3.15. The van der Waals surface area contributed by atoms with Gasteiger partial charge in [0.1, 0.15) is 0 Å². The van der Waals surface area contributed by atoms with E-state index in [2.05, 4.69) is 45.2 Å². The molecule has 60 valence electrons. The van der Waals surface area contributed by atoms with Crippen LogP contribution in [0.5, 0.6) is 0 Å². The number of carbonyl (C=O) groups is 1. The molecule has 0 aliphatic heterocycles. The van der Waals surface area contributed by atoms with Gasteiger partial charge in [0, 0.05) is 0 Å². The van der Waals surface area contributed by atoms with Crippen molar-refractivity contribution in [2.45, 2.75) is 23.2 Å². The number of alkyl halides is 2. The molecule has 1 unspecified atom stereocenters. The van der Waals surface area contributed by atoms with Crippen LogP contribution in [0.15, 0.2) is 0 Å². The Bertz CT molecular complexity index is 108. The Labute approximate surface area is 88.6 Å². The zero-order chi connectivity index (χ0) is 7.98. The number of carbonyl (C=O) groups excluding carboxylic acids is 1. The molecular formula is C6H11I2NO. The number of halogens is 2. The first-order valence-electron chi connectivity index (χ1n) is 3.18. The topological polar surface area (TPSA) is 43.1 Å². The van der Waals surface area contributed by atoms with Crippen LogP contribution in [-0.2, 0) is 4.79 Å². The monoisotopic (exact) mass is 367 g/mol. The van der Waals surface area contributed by atoms with Crippen LogP contribution < -0.4 is 5.73 Å². The summed E-state index contributed by atoms with van der Waals surface area (Å²) in [7, 11) is 0. The van der Waals surface area contributed by atoms with Gasteiger partial charge in [-0.15, -0.1) is 0 Å². The lowest BCUT2D eigenvalue weighted by atomic mass is 10.2. The summed E-state index contributed by atoms with van der Waals surface area (Å²) in [6.07, 6.45) is 3.23. The molecule has 4 heteroatoms. The van der Waals surface area contributed by atoms with Gasteiger partial charge >= 0.3 is 0 Å². The highest BCUT2D eigenvalue weighted by molar-refractivity contribution is 14.1. The second-order valence-electron chi connectivity index (χ2n) is 2.05. The van der Waals surface area contributed by atoms with Gasteiger partial charge in [-0.05, 0) is 17.3 Å². The van der Waals surface area contributed by atoms with Crippen LogP contribution in [0.25, 0.3) is 0 Å². The predicted molar refractivity (Wildman–Crippen MR) is 59.7 cm³/mol. The molecule has 0 heterocycles. The summed E-state index contributed by atoms with van der Waals surface area (Å²) in [5.41, 5.74) is 5.07. The molecule has 0 spiro atoms. The highest BCUT2D eigenvalue weighted by Gasteiger charge is 2.08. The molecule has 0 aliphatic rings. The third kappa shape index (κ3) is 5.70. The van der Waals surface area contributed by atoms with Gasteiger partial charge in [0.05, 0.1) is 3.92 Å². The van der Waals surface area contributed by atoms with Crippen LogP contribution in [0.2, 0.25) is 0 Å². The van der Waals surface area contributed by atoms with Crippen molar-refractivity contribution < 1.29 is 4.79 Å². The van der Waals surface area contributed by atoms with Gasteiger partial charge in [0.25, 0.3) is 0 Å². The fraction of sp³-hybridized carbons (Fsp3) is 0.833. The lowest BCUT2D eigenvalue weighted by Crippen LogP contribution is -2.22. The summed E-state index contributed by atoms with van der Waals surface area (Å²) in [6, 6.07) is 0. The van der Waals surface area contributed by atoms with Crippen LogP contribution in [0, 0.1) is 0 Å². The van der Waals surface area contributed by atoms with Crippen LogP contribution in [-0.4, -0.2) is 14.3 Å². The molecule has 0 fully saturated rings. The van der Waals surface area contributed by atoms with E-state index in [-0.39, 0.29) is 9.83 Å². The lowest BCUT2D eigenvalue weighted by molar-refractivity contribution is -0.117. The highest BCUT2D eigenvalue weighted by Crippen LogP contribution is 2.10. The van der Waals surface area contributed by atoms with Crippen molar-refractivity contribution in [1.29, 1.82) is 0 Å². The number of amides is 1. The summed E-state index contributed by atoms with van der Waals surface area (Å²) in [6.45, 7) is 0. The zero-order valence-corrected chi connectivity index (χ0v) is 9.96. The number of rotatable bonds is 5. The second-order valence-corrected chi connectivity index (χ2v) is 4.64. The fourth-order valence-corrected chi connectivity index (χ4v) is 1.54. The van der Waals surface area contributed by atoms with Gasteiger partial charge in [-0.2, -0.15) is 0 Å². The normalized spacial score (nSPS) is 13.0. The number of unbranched alkanes of at least 4 members (excludes halogenated alkanes) is 1. The molecule has 0 aromatic carbocycles. The summed E-state index contributed by atoms with van der Waals surface area (Å²) in [5.74, 6) is -0.186. The molecule has 0 aliphatic carbocycles. The van der Waals surface area contributed by atoms with E-state index in [0.717, 1.165) is 12.8 Å². The van der Waals surface area contributed by atoms with Crippen molar-refractivity contribution in [3.05, 3.63) is 0 Å². The molecule has 2 nitrogen and oxygen atoms in total. The molecule has 0 aromatic heterocycles. The summed E-state index contributed by atoms with van der Waals surface area (Å²) >= 11 is 4.43. The number of primary amides is 1. The van der Waals surface area contributed by atoms with E-state index in [0.29, 0.717) is 0 Å². The average molecular weight is 367 g/mol. The largest absolute Gasteiger partial charge is 0.369 e. The van der Waals surface area contributed by atoms with Crippen molar-refractivity contribution in [1.82, 2.24) is 0 Å². The molecular weight excluding hydrogens is 356 g/mol. The van der Waals surface area contributed by atoms with Crippen LogP contribution >= 0.6 is 45.2 Å². The smallest absolute Gasteiger partial charge is 0.230 e. The van der Waals surface area contributed by atoms with E-state index in [1.165, 1.54) is 10.8 Å². The quantitative estimate of drug-likeness (QED) is 0.450. The van der Waals surface area contributed by atoms with Crippen molar-refractivity contribution >= 4 is 51.1 Å². The standard InChI is InChI=1S/C6H11I2NO/c7-4-2-1-3-5(8)6(9)10/h5H,1-4H2,(H2,9,10). The Morgan fingerprint density at radius 2 is 2.10 bits per heavy atom. The predicted octanol–water partition coefficient (Wildman–Crippen LogP) is 1.88. The summed E-state index contributed by atoms with van der Waals surface area (Å²) < 4.78 is 1.19. The Kier molecular flexibility index (Phi) is 7.24. The van der Waals surface area contributed by atoms with Crippen LogP contribution in [0.1, 0.15) is 19.3 Å². The Morgan fingerprint density at radius 1 is 1.50 bits per heavy atom. The Balaban J connectivity index is 3.21. The molecule has 10 heavy (non-hydrogen) atoms. The first-order chi connectivity index (χ1) is 4.68. The van der Waals surface area contributed by atoms with Gasteiger partial charge in [-0.1, -0.05) is 51.6 Å². The Morgan fingerprint density at radius 3 is 2.50 bits per heavy atom. The fourth-order valence-electron chi connectivity index (χ4n) is 0.560. The molecule has 0 aromatic rings. The molecule has 2 N–H and O–H groups in total. The highest BCUT2D eigenvalue weighted by atomic mass is 127. The summed E-state index contributed by atoms with van der Waals surface area (Å²) in [4.78, 5) is 10.5. The lowest BCUT2D eigenvalue weighted by Gasteiger charge is -2.02. The first kappa shape index (κ1) is 10.9. The van der Waals surface area contributed by atoms with E-state index < -0.39 is 0 Å². The molecule has 0 saturated heterocycles. The van der Waals surface area contributed by atoms with Gasteiger partial charge in [0.2, 0.25) is 5.91 Å². The van der Waals surface area contributed by atoms with E-state index in [9.17, 15) is 4.79 Å². The first-order valence-corrected chi connectivity index (χ1v) is 5.95. The average Bonchev–Trinajstić information content (AvgIpc) is 1.88. The maximum absolute atomic E-state index is 10.5. The molecule has 0 rings (SSSR count). The van der Waals surface area contributed by atoms with E-state index >= 15 is 0 Å². The van der Waals surface area contributed by atoms with Gasteiger partial charge in [-0.3, -0.25) is 4.79 Å². The molecule has 1 amide bonds. The number of hydrogen-bond donors (Lipinski definition) is 1. The minimum atomic E-state index is -0.186. The zero-order valence-electron chi connectivity index (χ0n) is 5.65. The van der Waals surface area contributed by atoms with E-state index in [4.69, 9.17) is 5.73 Å². The van der Waals surface area contributed by atoms with Crippen molar-refractivity contribution in [2.75, 3.05) is 4.43 Å². The van der Waals surface area contributed by atoms with Gasteiger partial charge in [0.15, 0.2) is 0 Å². The van der Waals surface area contributed by atoms with Gasteiger partial charge in [-0.25, -0.2) is 0 Å². The molecule has 1 atom stereocenters. The van der Waals surface area contributed by atoms with Gasteiger partial charge < -0.3 is 5.73 Å². The van der Waals surface area contributed by atoms with Crippen molar-refractivity contribution in [2.24, 2.45) is 5.73 Å². The Hall–Kier alpha value is 0.930. The number of nitrogens with two attached hydrogens (primary N) is 1. The van der Waals surface area contributed by atoms with E-state index in [1.54, 1.807) is 0 Å². The van der Waals surface area contributed by atoms with E-state index in [1.807, 2.05) is 0 Å². The summed E-state index contributed by atoms with van der Waals surface area (Å²) in [5, 5.41) is 0. The maximum atomic E-state index is 10.5.